The maximum Gasteiger partial charge on any atom is 0.238 e. The molecule has 6 heteroatoms. The number of nitrogens with zero attached hydrogens (tertiary/aromatic N) is 1. The molecule has 3 N–H and O–H groups in total. The van der Waals surface area contributed by atoms with Crippen LogP contribution in [0.2, 0.25) is 0 Å². The highest BCUT2D eigenvalue weighted by Gasteiger charge is 2.06. The number of benzene rings is 2. The molecule has 0 saturated carbocycles. The van der Waals surface area contributed by atoms with Crippen molar-refractivity contribution in [2.45, 2.75) is 18.7 Å². The van der Waals surface area contributed by atoms with Gasteiger partial charge in [-0.15, -0.1) is 0 Å². The van der Waals surface area contributed by atoms with Crippen molar-refractivity contribution in [3.05, 3.63) is 59.7 Å². The first-order valence-corrected chi connectivity index (χ1v) is 7.92. The summed E-state index contributed by atoms with van der Waals surface area (Å²) in [5, 5.41) is 9.35. The summed E-state index contributed by atoms with van der Waals surface area (Å²) in [4.78, 5) is 0.0765. The van der Waals surface area contributed by atoms with Gasteiger partial charge in [-0.2, -0.15) is 5.10 Å². The van der Waals surface area contributed by atoms with Crippen LogP contribution in [0, 0.1) is 6.92 Å². The van der Waals surface area contributed by atoms with E-state index in [0.29, 0.717) is 5.69 Å². The number of hydrogen-bond acceptors (Lipinski definition) is 4. The van der Waals surface area contributed by atoms with Crippen molar-refractivity contribution in [2.75, 3.05) is 5.43 Å². The molecule has 5 nitrogen and oxygen atoms in total. The van der Waals surface area contributed by atoms with Crippen molar-refractivity contribution >= 4 is 21.4 Å². The molecule has 2 aromatic carbocycles. The summed E-state index contributed by atoms with van der Waals surface area (Å²) in [6.45, 7) is 3.93. The normalized spacial score (nSPS) is 12.2. The Morgan fingerprint density at radius 1 is 1.10 bits per heavy atom. The van der Waals surface area contributed by atoms with E-state index < -0.39 is 10.0 Å². The smallest absolute Gasteiger partial charge is 0.238 e. The lowest BCUT2D eigenvalue weighted by atomic mass is 10.1. The average molecular weight is 303 g/mol. The highest BCUT2D eigenvalue weighted by atomic mass is 32.2. The van der Waals surface area contributed by atoms with E-state index in [0.717, 1.165) is 16.8 Å². The minimum atomic E-state index is -3.66. The van der Waals surface area contributed by atoms with Gasteiger partial charge >= 0.3 is 0 Å². The molecule has 0 bridgehead atoms. The number of aryl methyl sites for hydroxylation is 1. The number of primary sulfonamides is 1. The molecule has 0 aromatic heterocycles. The highest BCUT2D eigenvalue weighted by molar-refractivity contribution is 7.89. The molecule has 0 aliphatic carbocycles. The van der Waals surface area contributed by atoms with Crippen molar-refractivity contribution in [3.8, 4) is 0 Å². The standard InChI is InChI=1S/C15H17N3O2S/c1-11-5-3-4-6-15(11)12(2)17-18-13-7-9-14(10-8-13)21(16,19)20/h3-10,18H,1-2H3,(H2,16,19,20)/b17-12+. The fraction of sp³-hybridized carbons (Fsp3) is 0.133. The van der Waals surface area contributed by atoms with Gasteiger partial charge in [0.2, 0.25) is 10.0 Å². The molecule has 0 heterocycles. The van der Waals surface area contributed by atoms with Crippen LogP contribution in [0.3, 0.4) is 0 Å². The fourth-order valence-corrected chi connectivity index (χ4v) is 2.42. The first kappa shape index (κ1) is 15.2. The van der Waals surface area contributed by atoms with Gasteiger partial charge in [0.15, 0.2) is 0 Å². The van der Waals surface area contributed by atoms with E-state index in [9.17, 15) is 8.42 Å². The fourth-order valence-electron chi connectivity index (χ4n) is 1.91. The summed E-state index contributed by atoms with van der Waals surface area (Å²) in [5.74, 6) is 0. The Kier molecular flexibility index (Phi) is 4.40. The number of hydrogen-bond donors (Lipinski definition) is 2. The molecule has 0 aliphatic heterocycles. The Bertz CT molecular complexity index is 766. The maximum atomic E-state index is 11.2. The second-order valence-corrected chi connectivity index (χ2v) is 6.25. The molecular formula is C15H17N3O2S. The molecular weight excluding hydrogens is 286 g/mol. The van der Waals surface area contributed by atoms with Crippen LogP contribution in [0.15, 0.2) is 58.5 Å². The van der Waals surface area contributed by atoms with Crippen LogP contribution >= 0.6 is 0 Å². The third-order valence-electron chi connectivity index (χ3n) is 3.07. The molecule has 0 unspecified atom stereocenters. The zero-order chi connectivity index (χ0) is 15.5. The minimum Gasteiger partial charge on any atom is -0.278 e. The molecule has 0 radical (unpaired) electrons. The zero-order valence-corrected chi connectivity index (χ0v) is 12.7. The van der Waals surface area contributed by atoms with E-state index in [1.807, 2.05) is 38.1 Å². The van der Waals surface area contributed by atoms with E-state index in [1.54, 1.807) is 12.1 Å². The van der Waals surface area contributed by atoms with Gasteiger partial charge in [0.1, 0.15) is 0 Å². The zero-order valence-electron chi connectivity index (χ0n) is 11.9. The lowest BCUT2D eigenvalue weighted by Crippen LogP contribution is -2.11. The lowest BCUT2D eigenvalue weighted by molar-refractivity contribution is 0.598. The molecule has 21 heavy (non-hydrogen) atoms. The van der Waals surface area contributed by atoms with Crippen LogP contribution in [0.4, 0.5) is 5.69 Å². The quantitative estimate of drug-likeness (QED) is 0.672. The SMILES string of the molecule is C/C(=N\Nc1ccc(S(N)(=O)=O)cc1)c1ccccc1C. The van der Waals surface area contributed by atoms with Gasteiger partial charge in [-0.3, -0.25) is 5.43 Å². The van der Waals surface area contributed by atoms with E-state index in [2.05, 4.69) is 10.5 Å². The van der Waals surface area contributed by atoms with Gasteiger partial charge in [0.05, 0.1) is 16.3 Å². The molecule has 0 atom stereocenters. The highest BCUT2D eigenvalue weighted by Crippen LogP contribution is 2.14. The molecule has 110 valence electrons. The van der Waals surface area contributed by atoms with Crippen molar-refractivity contribution in [1.29, 1.82) is 0 Å². The summed E-state index contributed by atoms with van der Waals surface area (Å²) in [7, 11) is -3.66. The van der Waals surface area contributed by atoms with Gasteiger partial charge in [-0.25, -0.2) is 13.6 Å². The largest absolute Gasteiger partial charge is 0.278 e. The Hall–Kier alpha value is -2.18. The molecule has 0 amide bonds. The second kappa shape index (κ2) is 6.07. The number of anilines is 1. The molecule has 0 saturated heterocycles. The summed E-state index contributed by atoms with van der Waals surface area (Å²) in [5.41, 5.74) is 6.65. The maximum absolute atomic E-state index is 11.2. The number of rotatable bonds is 4. The Morgan fingerprint density at radius 2 is 1.71 bits per heavy atom. The van der Waals surface area contributed by atoms with Crippen LogP contribution in [0.1, 0.15) is 18.1 Å². The summed E-state index contributed by atoms with van der Waals surface area (Å²) >= 11 is 0. The van der Waals surface area contributed by atoms with Gasteiger partial charge < -0.3 is 0 Å². The number of sulfonamides is 1. The predicted molar refractivity (Wildman–Crippen MR) is 84.8 cm³/mol. The first-order valence-electron chi connectivity index (χ1n) is 6.37. The van der Waals surface area contributed by atoms with E-state index in [4.69, 9.17) is 5.14 Å². The van der Waals surface area contributed by atoms with Crippen LogP contribution in [0.25, 0.3) is 0 Å². The molecule has 0 aliphatic rings. The van der Waals surface area contributed by atoms with Crippen LogP contribution < -0.4 is 10.6 Å². The number of nitrogens with one attached hydrogen (secondary N) is 1. The van der Waals surface area contributed by atoms with Crippen molar-refractivity contribution in [1.82, 2.24) is 0 Å². The number of hydrazone groups is 1. The second-order valence-electron chi connectivity index (χ2n) is 4.69. The molecule has 2 rings (SSSR count). The van der Waals surface area contributed by atoms with Gasteiger partial charge in [-0.05, 0) is 43.7 Å². The van der Waals surface area contributed by atoms with E-state index in [-0.39, 0.29) is 4.90 Å². The monoisotopic (exact) mass is 303 g/mol. The lowest BCUT2D eigenvalue weighted by Gasteiger charge is -2.06. The van der Waals surface area contributed by atoms with Crippen LogP contribution in [-0.2, 0) is 10.0 Å². The van der Waals surface area contributed by atoms with Crippen LogP contribution in [0.5, 0.6) is 0 Å². The van der Waals surface area contributed by atoms with Gasteiger partial charge in [0.25, 0.3) is 0 Å². The van der Waals surface area contributed by atoms with Gasteiger partial charge in [0, 0.05) is 5.56 Å². The summed E-state index contributed by atoms with van der Waals surface area (Å²) in [6, 6.07) is 14.1. The Labute approximate surface area is 124 Å². The number of nitrogens with two attached hydrogens (primary N) is 1. The topological polar surface area (TPSA) is 84.5 Å². The molecule has 0 spiro atoms. The summed E-state index contributed by atoms with van der Waals surface area (Å²) < 4.78 is 22.3. The van der Waals surface area contributed by atoms with Gasteiger partial charge in [-0.1, -0.05) is 24.3 Å². The van der Waals surface area contributed by atoms with E-state index in [1.165, 1.54) is 12.1 Å². The van der Waals surface area contributed by atoms with Crippen molar-refractivity contribution in [3.63, 3.8) is 0 Å². The van der Waals surface area contributed by atoms with Crippen molar-refractivity contribution in [2.24, 2.45) is 10.2 Å². The molecule has 0 fully saturated rings. The molecule has 2 aromatic rings. The van der Waals surface area contributed by atoms with Crippen LogP contribution in [-0.4, -0.2) is 14.1 Å². The van der Waals surface area contributed by atoms with Crippen molar-refractivity contribution < 1.29 is 8.42 Å². The predicted octanol–water partition coefficient (Wildman–Crippen LogP) is 2.48. The first-order chi connectivity index (χ1) is 9.88. The minimum absolute atomic E-state index is 0.0765. The van der Waals surface area contributed by atoms with E-state index >= 15 is 0 Å². The third-order valence-corrected chi connectivity index (χ3v) is 4.00. The Morgan fingerprint density at radius 3 is 2.29 bits per heavy atom. The average Bonchev–Trinajstić information content (AvgIpc) is 2.45. The summed E-state index contributed by atoms with van der Waals surface area (Å²) in [6.07, 6.45) is 0. The third kappa shape index (κ3) is 3.90. The Balaban J connectivity index is 2.16.